The first-order chi connectivity index (χ1) is 18.2. The Balaban J connectivity index is 1.38. The van der Waals surface area contributed by atoms with Crippen LogP contribution in [0.1, 0.15) is 96.8 Å². The Morgan fingerprint density at radius 2 is 1.81 bits per heavy atom. The molecule has 5 aliphatic rings. The first-order valence-corrected chi connectivity index (χ1v) is 15.0. The average Bonchev–Trinajstić information content (AvgIpc) is 3.42. The highest BCUT2D eigenvalue weighted by molar-refractivity contribution is 5.24. The Morgan fingerprint density at radius 1 is 1.03 bits per heavy atom. The van der Waals surface area contributed by atoms with Crippen molar-refractivity contribution in [3.05, 3.63) is 11.6 Å². The molecule has 2 saturated heterocycles. The maximum atomic E-state index is 9.48. The number of aliphatic hydroxyl groups is 1. The van der Waals surface area contributed by atoms with Crippen molar-refractivity contribution in [1.82, 2.24) is 0 Å². The maximum Gasteiger partial charge on any atom is 0.159 e. The van der Waals surface area contributed by atoms with E-state index in [1.54, 1.807) is 0 Å². The molecule has 1 N–H and O–H groups in total. The molecule has 2 aliphatic heterocycles. The van der Waals surface area contributed by atoms with Gasteiger partial charge in [0.25, 0.3) is 0 Å². The van der Waals surface area contributed by atoms with Crippen LogP contribution in [0.5, 0.6) is 0 Å². The molecule has 3 unspecified atom stereocenters. The highest BCUT2D eigenvalue weighted by Gasteiger charge is 2.49. The largest absolute Gasteiger partial charge is 0.392 e. The van der Waals surface area contributed by atoms with E-state index >= 15 is 0 Å². The van der Waals surface area contributed by atoms with Crippen LogP contribution in [-0.2, 0) is 18.9 Å². The summed E-state index contributed by atoms with van der Waals surface area (Å²) in [7, 11) is 0. The third-order valence-electron chi connectivity index (χ3n) is 9.32. The smallest absolute Gasteiger partial charge is 0.159 e. The minimum atomic E-state index is -0.158. The normalized spacial score (nSPS) is 36.5. The van der Waals surface area contributed by atoms with E-state index in [0.29, 0.717) is 11.8 Å². The van der Waals surface area contributed by atoms with E-state index in [9.17, 15) is 5.11 Å². The molecule has 0 spiro atoms. The fourth-order valence-corrected chi connectivity index (χ4v) is 7.09. The number of hydrogen-bond acceptors (Lipinski definition) is 5. The SMILES string of the molecule is CCC#CCC1(C(C#C[C@@H]2[C@H]3C/C(=C\CO)C[C@H]3C[C@H]2OC2CCCCO2)OC2CCCCO2)CCC1. The summed E-state index contributed by atoms with van der Waals surface area (Å²) in [5, 5.41) is 9.48. The molecule has 3 saturated carbocycles. The van der Waals surface area contributed by atoms with Crippen LogP contribution >= 0.6 is 0 Å². The molecule has 0 aromatic heterocycles. The van der Waals surface area contributed by atoms with Gasteiger partial charge in [-0.2, -0.15) is 0 Å². The molecule has 5 rings (SSSR count). The topological polar surface area (TPSA) is 57.2 Å². The van der Waals surface area contributed by atoms with Crippen molar-refractivity contribution in [2.24, 2.45) is 23.2 Å². The minimum Gasteiger partial charge on any atom is -0.392 e. The van der Waals surface area contributed by atoms with Crippen LogP contribution in [0.25, 0.3) is 0 Å². The van der Waals surface area contributed by atoms with Gasteiger partial charge in [0.2, 0.25) is 0 Å². The van der Waals surface area contributed by atoms with Crippen LogP contribution < -0.4 is 0 Å². The summed E-state index contributed by atoms with van der Waals surface area (Å²) in [5.41, 5.74) is 1.39. The van der Waals surface area contributed by atoms with Gasteiger partial charge >= 0.3 is 0 Å². The van der Waals surface area contributed by atoms with E-state index < -0.39 is 0 Å². The summed E-state index contributed by atoms with van der Waals surface area (Å²) in [6.07, 6.45) is 16.5. The Kier molecular flexibility index (Phi) is 9.67. The number of fused-ring (bicyclic) bond motifs is 1. The van der Waals surface area contributed by atoms with E-state index in [2.05, 4.69) is 30.6 Å². The first kappa shape index (κ1) is 27.2. The fourth-order valence-electron chi connectivity index (χ4n) is 7.09. The zero-order chi connectivity index (χ0) is 25.5. The Morgan fingerprint density at radius 3 is 2.46 bits per heavy atom. The second kappa shape index (κ2) is 13.1. The summed E-state index contributed by atoms with van der Waals surface area (Å²) in [4.78, 5) is 0. The zero-order valence-corrected chi connectivity index (χ0v) is 22.7. The molecule has 5 nitrogen and oxygen atoms in total. The summed E-state index contributed by atoms with van der Waals surface area (Å²) in [5.74, 6) is 15.4. The quantitative estimate of drug-likeness (QED) is 0.349. The minimum absolute atomic E-state index is 0.00838. The Hall–Kier alpha value is -1.34. The van der Waals surface area contributed by atoms with Gasteiger partial charge in [-0.1, -0.05) is 36.8 Å². The van der Waals surface area contributed by atoms with Crippen molar-refractivity contribution < 1.29 is 24.1 Å². The highest BCUT2D eigenvalue weighted by atomic mass is 16.7. The summed E-state index contributed by atoms with van der Waals surface area (Å²) >= 11 is 0. The van der Waals surface area contributed by atoms with Crippen molar-refractivity contribution in [2.75, 3.05) is 19.8 Å². The van der Waals surface area contributed by atoms with Gasteiger partial charge in [0.05, 0.1) is 18.6 Å². The predicted octanol–water partition coefficient (Wildman–Crippen LogP) is 5.75. The lowest BCUT2D eigenvalue weighted by Gasteiger charge is -2.45. The van der Waals surface area contributed by atoms with Crippen LogP contribution in [0.3, 0.4) is 0 Å². The van der Waals surface area contributed by atoms with Crippen LogP contribution in [0.2, 0.25) is 0 Å². The molecule has 204 valence electrons. The average molecular weight is 511 g/mol. The van der Waals surface area contributed by atoms with E-state index in [1.165, 1.54) is 18.4 Å². The van der Waals surface area contributed by atoms with Gasteiger partial charge in [-0.15, -0.1) is 11.8 Å². The van der Waals surface area contributed by atoms with Crippen molar-refractivity contribution in [3.63, 3.8) is 0 Å². The van der Waals surface area contributed by atoms with E-state index in [0.717, 1.165) is 90.3 Å². The molecule has 5 heteroatoms. The molecule has 5 fully saturated rings. The molecule has 0 bridgehead atoms. The molecule has 0 radical (unpaired) electrons. The monoisotopic (exact) mass is 510 g/mol. The second-order valence-corrected chi connectivity index (χ2v) is 11.8. The van der Waals surface area contributed by atoms with E-state index in [4.69, 9.17) is 18.9 Å². The van der Waals surface area contributed by atoms with Gasteiger partial charge in [-0.05, 0) is 82.5 Å². The van der Waals surface area contributed by atoms with E-state index in [-0.39, 0.29) is 42.7 Å². The summed E-state index contributed by atoms with van der Waals surface area (Å²) < 4.78 is 25.2. The molecule has 37 heavy (non-hydrogen) atoms. The third-order valence-corrected chi connectivity index (χ3v) is 9.32. The van der Waals surface area contributed by atoms with E-state index in [1.807, 2.05) is 6.08 Å². The zero-order valence-electron chi connectivity index (χ0n) is 22.7. The van der Waals surface area contributed by atoms with Gasteiger partial charge in [-0.3, -0.25) is 0 Å². The number of hydrogen-bond donors (Lipinski definition) is 1. The van der Waals surface area contributed by atoms with Gasteiger partial charge in [0, 0.05) is 31.5 Å². The van der Waals surface area contributed by atoms with Crippen LogP contribution in [0, 0.1) is 46.9 Å². The van der Waals surface area contributed by atoms with Crippen LogP contribution in [0.15, 0.2) is 11.6 Å². The van der Waals surface area contributed by atoms with Crippen molar-refractivity contribution in [3.8, 4) is 23.7 Å². The number of aliphatic hydroxyl groups excluding tert-OH is 1. The maximum absolute atomic E-state index is 9.48. The molecule has 2 heterocycles. The first-order valence-electron chi connectivity index (χ1n) is 15.0. The molecule has 0 aromatic rings. The van der Waals surface area contributed by atoms with Crippen molar-refractivity contribution in [2.45, 2.75) is 122 Å². The molecule has 3 aliphatic carbocycles. The lowest BCUT2D eigenvalue weighted by atomic mass is 9.63. The highest BCUT2D eigenvalue weighted by Crippen LogP contribution is 2.52. The standard InChI is InChI=1S/C32H46O5/c1-2-3-6-15-32(16-9-17-32)29(37-31-11-5-8-20-35-31)13-12-26-27-22-24(14-18-33)21-25(27)23-28(26)36-30-10-4-7-19-34-30/h14,25-31,33H,2,4-5,7-11,15-23H2,1H3/b24-14-/t25-,26+,27-,28+,29?,30?,31?/m0/s1. The third kappa shape index (κ3) is 6.63. The predicted molar refractivity (Wildman–Crippen MR) is 143 cm³/mol. The van der Waals surface area contributed by atoms with Crippen molar-refractivity contribution in [1.29, 1.82) is 0 Å². The van der Waals surface area contributed by atoms with Gasteiger partial charge in [-0.25, -0.2) is 0 Å². The summed E-state index contributed by atoms with van der Waals surface area (Å²) in [6, 6.07) is 0. The molecule has 0 aromatic carbocycles. The van der Waals surface area contributed by atoms with Crippen LogP contribution in [0.4, 0.5) is 0 Å². The van der Waals surface area contributed by atoms with Crippen molar-refractivity contribution >= 4 is 0 Å². The molecule has 0 amide bonds. The number of ether oxygens (including phenoxy) is 4. The number of rotatable bonds is 7. The second-order valence-electron chi connectivity index (χ2n) is 11.8. The molecular weight excluding hydrogens is 464 g/mol. The Bertz CT molecular complexity index is 888. The number of allylic oxidation sites excluding steroid dienone is 1. The van der Waals surface area contributed by atoms with Gasteiger partial charge in [0.15, 0.2) is 12.6 Å². The molecular formula is C32H46O5. The van der Waals surface area contributed by atoms with Gasteiger partial charge < -0.3 is 24.1 Å². The van der Waals surface area contributed by atoms with Gasteiger partial charge in [0.1, 0.15) is 6.10 Å². The summed E-state index contributed by atoms with van der Waals surface area (Å²) in [6.45, 7) is 3.80. The Labute approximate surface area is 224 Å². The lowest BCUT2D eigenvalue weighted by Crippen LogP contribution is -2.44. The lowest BCUT2D eigenvalue weighted by molar-refractivity contribution is -0.206. The van der Waals surface area contributed by atoms with Crippen LogP contribution in [-0.4, -0.2) is 49.7 Å². The fraction of sp³-hybridized carbons (Fsp3) is 0.812. The molecule has 7 atom stereocenters.